The van der Waals surface area contributed by atoms with Crippen LogP contribution in [-0.2, 0) is 15.7 Å². The Hall–Kier alpha value is -2.34. The summed E-state index contributed by atoms with van der Waals surface area (Å²) in [5.74, 6) is 2.12. The van der Waals surface area contributed by atoms with Crippen LogP contribution in [0.25, 0.3) is 0 Å². The van der Waals surface area contributed by atoms with E-state index in [0.717, 1.165) is 48.1 Å². The Balaban J connectivity index is 1.64. The molecule has 1 aliphatic heterocycles. The molecule has 1 aromatic carbocycles. The predicted molar refractivity (Wildman–Crippen MR) is 99.4 cm³/mol. The molecule has 1 unspecified atom stereocenters. The smallest absolute Gasteiger partial charge is 0.416 e. The van der Waals surface area contributed by atoms with Crippen LogP contribution < -0.4 is 10.2 Å². The van der Waals surface area contributed by atoms with E-state index >= 15 is 0 Å². The van der Waals surface area contributed by atoms with E-state index in [4.69, 9.17) is 11.2 Å². The van der Waals surface area contributed by atoms with Crippen LogP contribution in [0.4, 0.5) is 23.7 Å². The van der Waals surface area contributed by atoms with E-state index in [0.29, 0.717) is 12.8 Å². The number of rotatable bonds is 3. The van der Waals surface area contributed by atoms with Crippen LogP contribution in [0, 0.1) is 12.3 Å². The maximum absolute atomic E-state index is 12.9. The highest BCUT2D eigenvalue weighted by Gasteiger charge is 2.39. The second-order valence-electron chi connectivity index (χ2n) is 6.76. The lowest BCUT2D eigenvalue weighted by atomic mass is 9.82. The lowest BCUT2D eigenvalue weighted by Crippen LogP contribution is -2.49. The quantitative estimate of drug-likeness (QED) is 0.759. The first-order valence-corrected chi connectivity index (χ1v) is 9.86. The molecule has 1 aliphatic carbocycles. The average Bonchev–Trinajstić information content (AvgIpc) is 3.02. The third-order valence-corrected chi connectivity index (χ3v) is 5.85. The lowest BCUT2D eigenvalue weighted by Gasteiger charge is -2.33. The fourth-order valence-corrected chi connectivity index (χ4v) is 4.31. The zero-order valence-electron chi connectivity index (χ0n) is 14.9. The van der Waals surface area contributed by atoms with Gasteiger partial charge in [-0.15, -0.1) is 6.42 Å². The van der Waals surface area contributed by atoms with Crippen LogP contribution in [0.3, 0.4) is 0 Å². The molecule has 150 valence electrons. The largest absolute Gasteiger partial charge is 0.425 e. The minimum absolute atomic E-state index is 0.0817. The molecule has 1 saturated heterocycles. The molecule has 9 heteroatoms. The average molecular weight is 412 g/mol. The Morgan fingerprint density at radius 2 is 2.04 bits per heavy atom. The monoisotopic (exact) mass is 412 g/mol. The molecule has 0 spiro atoms. The third-order valence-electron chi connectivity index (χ3n) is 4.85. The Labute approximate surface area is 165 Å². The summed E-state index contributed by atoms with van der Waals surface area (Å²) >= 11 is 1.02. The van der Waals surface area contributed by atoms with E-state index in [2.05, 4.69) is 11.2 Å². The van der Waals surface area contributed by atoms with Crippen LogP contribution in [0.2, 0.25) is 0 Å². The lowest BCUT2D eigenvalue weighted by molar-refractivity contribution is -0.137. The van der Waals surface area contributed by atoms with Crippen LogP contribution in [0.5, 0.6) is 0 Å². The third kappa shape index (κ3) is 4.38. The van der Waals surface area contributed by atoms with E-state index in [1.54, 1.807) is 0 Å². The van der Waals surface area contributed by atoms with Crippen LogP contribution >= 0.6 is 11.8 Å². The molecule has 1 saturated carbocycles. The van der Waals surface area contributed by atoms with Gasteiger partial charge in [0, 0.05) is 5.69 Å². The number of benzene rings is 1. The maximum atomic E-state index is 12.9. The Bertz CT molecular complexity index is 800. The van der Waals surface area contributed by atoms with Crippen LogP contribution in [-0.4, -0.2) is 28.9 Å². The minimum atomic E-state index is -4.51. The van der Waals surface area contributed by atoms with Crippen LogP contribution in [0.1, 0.15) is 37.7 Å². The van der Waals surface area contributed by atoms with Crippen molar-refractivity contribution in [3.05, 3.63) is 29.8 Å². The molecule has 2 aliphatic rings. The standard InChI is InChI=1S/C19H19F3N2O3S/c1-2-18(9-4-3-5-10-18)23-17(26)27-16-15(25)24(12-28-16)14-8-6-7-13(11-14)19(20,21)22/h1,6-8,11,16H,3-5,9-10,12H2,(H,23,26). The highest BCUT2D eigenvalue weighted by molar-refractivity contribution is 8.01. The second kappa shape index (κ2) is 7.95. The van der Waals surface area contributed by atoms with Gasteiger partial charge in [0.1, 0.15) is 5.54 Å². The zero-order valence-corrected chi connectivity index (χ0v) is 15.7. The van der Waals surface area contributed by atoms with Crippen molar-refractivity contribution in [2.24, 2.45) is 0 Å². The van der Waals surface area contributed by atoms with Crippen molar-refractivity contribution in [1.29, 1.82) is 0 Å². The van der Waals surface area contributed by atoms with Gasteiger partial charge in [0.05, 0.1) is 11.4 Å². The molecule has 1 atom stereocenters. The van der Waals surface area contributed by atoms with Crippen molar-refractivity contribution in [2.75, 3.05) is 10.8 Å². The first kappa shape index (κ1) is 20.4. The molecular weight excluding hydrogens is 393 g/mol. The van der Waals surface area contributed by atoms with Gasteiger partial charge in [-0.05, 0) is 31.0 Å². The van der Waals surface area contributed by atoms with Crippen molar-refractivity contribution in [3.8, 4) is 12.3 Å². The highest BCUT2D eigenvalue weighted by atomic mass is 32.2. The molecule has 2 amide bonds. The van der Waals surface area contributed by atoms with Gasteiger partial charge in [-0.2, -0.15) is 13.2 Å². The number of nitrogens with one attached hydrogen (secondary N) is 1. The number of alkyl carbamates (subject to hydrolysis) is 1. The van der Waals surface area contributed by atoms with Crippen molar-refractivity contribution >= 4 is 29.4 Å². The number of halogens is 3. The summed E-state index contributed by atoms with van der Waals surface area (Å²) in [5, 5.41) is 2.68. The van der Waals surface area contributed by atoms with Gasteiger partial charge >= 0.3 is 12.3 Å². The molecule has 0 aromatic heterocycles. The van der Waals surface area contributed by atoms with E-state index < -0.39 is 34.7 Å². The van der Waals surface area contributed by atoms with Gasteiger partial charge in [0.2, 0.25) is 5.44 Å². The van der Waals surface area contributed by atoms with E-state index in [1.165, 1.54) is 12.1 Å². The Kier molecular flexibility index (Phi) is 5.79. The number of nitrogens with zero attached hydrogens (tertiary/aromatic N) is 1. The number of anilines is 1. The maximum Gasteiger partial charge on any atom is 0.416 e. The molecule has 1 heterocycles. The number of hydrogen-bond donors (Lipinski definition) is 1. The summed E-state index contributed by atoms with van der Waals surface area (Å²) in [6, 6.07) is 4.47. The fourth-order valence-electron chi connectivity index (χ4n) is 3.32. The van der Waals surface area contributed by atoms with Gasteiger partial charge in [-0.1, -0.05) is 43.0 Å². The number of thioether (sulfide) groups is 1. The molecule has 0 bridgehead atoms. The molecule has 1 aromatic rings. The number of terminal acetylenes is 1. The first-order valence-electron chi connectivity index (χ1n) is 8.81. The number of carbonyl (C=O) groups excluding carboxylic acids is 2. The second-order valence-corrected chi connectivity index (χ2v) is 7.78. The summed E-state index contributed by atoms with van der Waals surface area (Å²) in [6.45, 7) is 0. The first-order chi connectivity index (χ1) is 13.2. The number of ether oxygens (including phenoxy) is 1. The summed E-state index contributed by atoms with van der Waals surface area (Å²) in [5.41, 5.74) is -2.65. The molecule has 3 rings (SSSR count). The normalized spacial score (nSPS) is 21.9. The fraction of sp³-hybridized carbons (Fsp3) is 0.474. The predicted octanol–water partition coefficient (Wildman–Crippen LogP) is 4.13. The molecule has 2 fully saturated rings. The summed E-state index contributed by atoms with van der Waals surface area (Å²) in [6.07, 6.45) is 4.38. The zero-order chi connectivity index (χ0) is 20.4. The van der Waals surface area contributed by atoms with E-state index in [1.807, 2.05) is 0 Å². The summed E-state index contributed by atoms with van der Waals surface area (Å²) in [4.78, 5) is 25.9. The van der Waals surface area contributed by atoms with Gasteiger partial charge in [0.15, 0.2) is 0 Å². The summed E-state index contributed by atoms with van der Waals surface area (Å²) in [7, 11) is 0. The van der Waals surface area contributed by atoms with Crippen molar-refractivity contribution in [1.82, 2.24) is 5.32 Å². The number of amides is 2. The number of hydrogen-bond acceptors (Lipinski definition) is 4. The number of alkyl halides is 3. The Morgan fingerprint density at radius 1 is 1.32 bits per heavy atom. The number of carbonyl (C=O) groups is 2. The topological polar surface area (TPSA) is 58.6 Å². The van der Waals surface area contributed by atoms with E-state index in [-0.39, 0.29) is 11.6 Å². The molecule has 0 radical (unpaired) electrons. The minimum Gasteiger partial charge on any atom is -0.425 e. The Morgan fingerprint density at radius 3 is 2.68 bits per heavy atom. The highest BCUT2D eigenvalue weighted by Crippen LogP contribution is 2.35. The molecule has 1 N–H and O–H groups in total. The van der Waals surface area contributed by atoms with Crippen molar-refractivity contribution < 1.29 is 27.5 Å². The van der Waals surface area contributed by atoms with Gasteiger partial charge < -0.3 is 10.1 Å². The van der Waals surface area contributed by atoms with E-state index in [9.17, 15) is 22.8 Å². The van der Waals surface area contributed by atoms with Gasteiger partial charge in [0.25, 0.3) is 5.91 Å². The molecule has 28 heavy (non-hydrogen) atoms. The molecular formula is C19H19F3N2O3S. The summed E-state index contributed by atoms with van der Waals surface area (Å²) < 4.78 is 43.9. The SMILES string of the molecule is C#CC1(NC(=O)OC2SCN(c3cccc(C(F)(F)F)c3)C2=O)CCCCC1. The molecule has 5 nitrogen and oxygen atoms in total. The van der Waals surface area contributed by atoms with Gasteiger partial charge in [-0.3, -0.25) is 9.69 Å². The van der Waals surface area contributed by atoms with Crippen LogP contribution in [0.15, 0.2) is 24.3 Å². The van der Waals surface area contributed by atoms with Crippen molar-refractivity contribution in [3.63, 3.8) is 0 Å². The van der Waals surface area contributed by atoms with Crippen molar-refractivity contribution in [2.45, 2.75) is 49.3 Å². The van der Waals surface area contributed by atoms with Gasteiger partial charge in [-0.25, -0.2) is 4.79 Å².